The summed E-state index contributed by atoms with van der Waals surface area (Å²) in [6.45, 7) is 8.10. The van der Waals surface area contributed by atoms with E-state index in [1.54, 1.807) is 6.20 Å². The van der Waals surface area contributed by atoms with E-state index in [1.807, 2.05) is 36.4 Å². The molecular weight excluding hydrogens is 531 g/mol. The van der Waals surface area contributed by atoms with Gasteiger partial charge in [-0.05, 0) is 61.9 Å². The quantitative estimate of drug-likeness (QED) is 0.173. The van der Waals surface area contributed by atoms with Gasteiger partial charge < -0.3 is 24.8 Å². The standard InChI is InChI=1S/C25H36N4O3.HI/c1-2-26-25(28-13-6-14-31-19-21-10-15-30-16-11-21)29-18-22-7-5-9-24(17-22)32-20-23-8-3-4-12-27-23;/h3-5,7-9,12,17,21H,2,6,10-11,13-16,18-20H2,1H3,(H2,26,28,29);1H. The molecule has 0 atom stereocenters. The Labute approximate surface area is 214 Å². The second-order valence-corrected chi connectivity index (χ2v) is 7.86. The maximum Gasteiger partial charge on any atom is 0.191 e. The summed E-state index contributed by atoms with van der Waals surface area (Å²) in [4.78, 5) is 9.00. The van der Waals surface area contributed by atoms with Crippen LogP contribution in [-0.4, -0.2) is 50.5 Å². The average molecular weight is 569 g/mol. The van der Waals surface area contributed by atoms with Crippen molar-refractivity contribution in [1.29, 1.82) is 0 Å². The summed E-state index contributed by atoms with van der Waals surface area (Å²) >= 11 is 0. The molecule has 2 heterocycles. The van der Waals surface area contributed by atoms with Gasteiger partial charge in [-0.1, -0.05) is 18.2 Å². The van der Waals surface area contributed by atoms with Crippen molar-refractivity contribution in [3.63, 3.8) is 0 Å². The molecule has 1 fully saturated rings. The molecule has 1 aliphatic rings. The lowest BCUT2D eigenvalue weighted by Crippen LogP contribution is -2.38. The number of guanidine groups is 1. The van der Waals surface area contributed by atoms with Gasteiger partial charge in [0.25, 0.3) is 0 Å². The van der Waals surface area contributed by atoms with Crippen LogP contribution >= 0.6 is 24.0 Å². The van der Waals surface area contributed by atoms with Crippen LogP contribution in [0.15, 0.2) is 53.7 Å². The van der Waals surface area contributed by atoms with E-state index < -0.39 is 0 Å². The Bertz CT molecular complexity index is 801. The molecule has 1 aromatic heterocycles. The predicted molar refractivity (Wildman–Crippen MR) is 142 cm³/mol. The van der Waals surface area contributed by atoms with Crippen LogP contribution in [0.5, 0.6) is 5.75 Å². The van der Waals surface area contributed by atoms with E-state index in [9.17, 15) is 0 Å². The van der Waals surface area contributed by atoms with Crippen LogP contribution in [0.1, 0.15) is 37.4 Å². The molecule has 8 heteroatoms. The number of hydrogen-bond acceptors (Lipinski definition) is 5. The first-order valence-corrected chi connectivity index (χ1v) is 11.6. The molecule has 1 aliphatic heterocycles. The molecule has 1 aromatic carbocycles. The second-order valence-electron chi connectivity index (χ2n) is 7.86. The van der Waals surface area contributed by atoms with Gasteiger partial charge in [0.05, 0.1) is 12.2 Å². The molecule has 0 radical (unpaired) electrons. The predicted octanol–water partition coefficient (Wildman–Crippen LogP) is 4.17. The van der Waals surface area contributed by atoms with Crippen LogP contribution in [0, 0.1) is 5.92 Å². The minimum absolute atomic E-state index is 0. The van der Waals surface area contributed by atoms with Crippen molar-refractivity contribution in [3.05, 3.63) is 59.9 Å². The Hall–Kier alpha value is -1.91. The van der Waals surface area contributed by atoms with Crippen molar-refractivity contribution in [2.24, 2.45) is 10.9 Å². The van der Waals surface area contributed by atoms with E-state index in [0.29, 0.717) is 19.1 Å². The topological polar surface area (TPSA) is 77.0 Å². The van der Waals surface area contributed by atoms with E-state index in [1.165, 1.54) is 0 Å². The molecule has 3 rings (SSSR count). The number of ether oxygens (including phenoxy) is 3. The van der Waals surface area contributed by atoms with Crippen molar-refractivity contribution in [3.8, 4) is 5.75 Å². The van der Waals surface area contributed by atoms with E-state index in [4.69, 9.17) is 19.2 Å². The first-order chi connectivity index (χ1) is 15.8. The van der Waals surface area contributed by atoms with Gasteiger partial charge >= 0.3 is 0 Å². The first-order valence-electron chi connectivity index (χ1n) is 11.6. The van der Waals surface area contributed by atoms with Gasteiger partial charge in [0.1, 0.15) is 12.4 Å². The Morgan fingerprint density at radius 1 is 1.15 bits per heavy atom. The number of pyridine rings is 1. The normalized spacial score (nSPS) is 14.4. The van der Waals surface area contributed by atoms with Gasteiger partial charge in [-0.15, -0.1) is 24.0 Å². The number of nitrogens with one attached hydrogen (secondary N) is 2. The zero-order valence-electron chi connectivity index (χ0n) is 19.5. The van der Waals surface area contributed by atoms with Crippen molar-refractivity contribution in [1.82, 2.24) is 15.6 Å². The zero-order valence-corrected chi connectivity index (χ0v) is 21.8. The minimum atomic E-state index is 0. The monoisotopic (exact) mass is 568 g/mol. The molecule has 2 aromatic rings. The van der Waals surface area contributed by atoms with Gasteiger partial charge in [-0.2, -0.15) is 0 Å². The smallest absolute Gasteiger partial charge is 0.191 e. The third-order valence-electron chi connectivity index (χ3n) is 5.23. The van der Waals surface area contributed by atoms with Crippen molar-refractivity contribution in [2.45, 2.75) is 39.3 Å². The molecule has 0 amide bonds. The number of hydrogen-bond donors (Lipinski definition) is 2. The third kappa shape index (κ3) is 11.2. The van der Waals surface area contributed by atoms with E-state index in [2.05, 4.69) is 28.6 Å². The lowest BCUT2D eigenvalue weighted by atomic mass is 10.0. The molecule has 33 heavy (non-hydrogen) atoms. The van der Waals surface area contributed by atoms with Crippen LogP contribution in [0.3, 0.4) is 0 Å². The van der Waals surface area contributed by atoms with E-state index in [-0.39, 0.29) is 24.0 Å². The second kappa shape index (κ2) is 16.7. The molecule has 1 saturated heterocycles. The summed E-state index contributed by atoms with van der Waals surface area (Å²) in [6, 6.07) is 13.9. The highest BCUT2D eigenvalue weighted by Crippen LogP contribution is 2.16. The summed E-state index contributed by atoms with van der Waals surface area (Å²) in [6.07, 6.45) is 4.96. The number of benzene rings is 1. The van der Waals surface area contributed by atoms with Crippen LogP contribution in [0.4, 0.5) is 0 Å². The largest absolute Gasteiger partial charge is 0.487 e. The molecule has 182 valence electrons. The SMILES string of the molecule is CCNC(=NCc1cccc(OCc2ccccn2)c1)NCCCOCC1CCOCC1.I. The van der Waals surface area contributed by atoms with Gasteiger partial charge in [0.2, 0.25) is 0 Å². The highest BCUT2D eigenvalue weighted by atomic mass is 127. The summed E-state index contributed by atoms with van der Waals surface area (Å²) in [5.74, 6) is 2.29. The Balaban J connectivity index is 0.00000385. The lowest BCUT2D eigenvalue weighted by Gasteiger charge is -2.21. The summed E-state index contributed by atoms with van der Waals surface area (Å²) < 4.78 is 17.1. The number of halogens is 1. The molecule has 0 saturated carbocycles. The molecule has 0 aliphatic carbocycles. The van der Waals surface area contributed by atoms with Crippen LogP contribution in [0.25, 0.3) is 0 Å². The Morgan fingerprint density at radius 2 is 2.03 bits per heavy atom. The average Bonchev–Trinajstić information content (AvgIpc) is 2.85. The first kappa shape index (κ1) is 27.3. The van der Waals surface area contributed by atoms with Gasteiger partial charge in [0, 0.05) is 45.7 Å². The maximum absolute atomic E-state index is 5.87. The van der Waals surface area contributed by atoms with Gasteiger partial charge in [-0.3, -0.25) is 4.98 Å². The number of aromatic nitrogens is 1. The van der Waals surface area contributed by atoms with E-state index in [0.717, 1.165) is 81.7 Å². The maximum atomic E-state index is 5.87. The molecule has 0 unspecified atom stereocenters. The fraction of sp³-hybridized carbons (Fsp3) is 0.520. The number of rotatable bonds is 12. The Morgan fingerprint density at radius 3 is 2.82 bits per heavy atom. The molecule has 7 nitrogen and oxygen atoms in total. The fourth-order valence-electron chi connectivity index (χ4n) is 3.43. The highest BCUT2D eigenvalue weighted by molar-refractivity contribution is 14.0. The zero-order chi connectivity index (χ0) is 22.3. The van der Waals surface area contributed by atoms with Gasteiger partial charge in [-0.25, -0.2) is 4.99 Å². The van der Waals surface area contributed by atoms with Crippen molar-refractivity contribution >= 4 is 29.9 Å². The van der Waals surface area contributed by atoms with E-state index >= 15 is 0 Å². The number of aliphatic imine (C=N–C) groups is 1. The highest BCUT2D eigenvalue weighted by Gasteiger charge is 2.13. The van der Waals surface area contributed by atoms with Crippen molar-refractivity contribution < 1.29 is 14.2 Å². The number of nitrogens with zero attached hydrogens (tertiary/aromatic N) is 2. The van der Waals surface area contributed by atoms with Gasteiger partial charge in [0.15, 0.2) is 5.96 Å². The summed E-state index contributed by atoms with van der Waals surface area (Å²) in [5.41, 5.74) is 2.01. The molecule has 2 N–H and O–H groups in total. The summed E-state index contributed by atoms with van der Waals surface area (Å²) in [7, 11) is 0. The fourth-order valence-corrected chi connectivity index (χ4v) is 3.43. The third-order valence-corrected chi connectivity index (χ3v) is 5.23. The Kier molecular flexibility index (Phi) is 13.8. The lowest BCUT2D eigenvalue weighted by molar-refractivity contribution is 0.0203. The van der Waals surface area contributed by atoms with Crippen LogP contribution in [0.2, 0.25) is 0 Å². The summed E-state index contributed by atoms with van der Waals surface area (Å²) in [5, 5.41) is 6.69. The van der Waals surface area contributed by atoms with Crippen LogP contribution in [-0.2, 0) is 22.6 Å². The molecular formula is C25H37IN4O3. The van der Waals surface area contributed by atoms with Crippen molar-refractivity contribution in [2.75, 3.05) is 39.5 Å². The van der Waals surface area contributed by atoms with Crippen LogP contribution < -0.4 is 15.4 Å². The minimum Gasteiger partial charge on any atom is -0.487 e. The molecule has 0 spiro atoms. The molecule has 0 bridgehead atoms.